The molecule has 0 amide bonds. The topological polar surface area (TPSA) is 72.5 Å². The van der Waals surface area contributed by atoms with Crippen molar-refractivity contribution in [3.63, 3.8) is 0 Å². The van der Waals surface area contributed by atoms with Crippen LogP contribution in [0.25, 0.3) is 0 Å². The molecule has 3 rings (SSSR count). The fourth-order valence-corrected chi connectivity index (χ4v) is 10.5. The van der Waals surface area contributed by atoms with Crippen molar-refractivity contribution in [3.05, 3.63) is 11.6 Å². The number of ether oxygens (including phenoxy) is 3. The van der Waals surface area contributed by atoms with Crippen molar-refractivity contribution in [2.45, 2.75) is 275 Å². The summed E-state index contributed by atoms with van der Waals surface area (Å²) >= 11 is 0. The van der Waals surface area contributed by atoms with E-state index in [1.54, 1.807) is 13.0 Å². The molecule has 10 heteroatoms. The summed E-state index contributed by atoms with van der Waals surface area (Å²) < 4.78 is 261. The highest BCUT2D eigenvalue weighted by molar-refractivity contribution is 6.70. The van der Waals surface area contributed by atoms with E-state index in [1.807, 2.05) is 0 Å². The summed E-state index contributed by atoms with van der Waals surface area (Å²) in [5, 5.41) is 0. The number of carbonyl (C=O) groups excluding carboxylic acids is 1. The third kappa shape index (κ3) is 21.3. The predicted octanol–water partition coefficient (Wildman–Crippen LogP) is 13.4. The normalized spacial score (nSPS) is 34.2. The van der Waals surface area contributed by atoms with Gasteiger partial charge in [-0.15, -0.1) is 0 Å². The SMILES string of the molecule is [2H]C([2H])([2H])[Si](O[C@@H](CCCCCCCC1=C[C@H](C)OC1=O)CCCC[C@@H](O[Si](C([2H])([2H])[2H])(C([2H])([2H])[2H])C([2H])([2H])[2H])[C@H]1CC[C@H]([C@H]2CC[C@H]([C@@H](CCCCCCCCCC)O[Si](C([2H])([2H])[2H])(C([2H])([2H])[2H])C([2H])([2H])[2H])O2)O1)(C([2H])([2H])[2H])C([2H])([2H])[2H]. The predicted molar refractivity (Wildman–Crippen MR) is 242 cm³/mol. The average Bonchev–Trinajstić information content (AvgIpc) is 2.07. The van der Waals surface area contributed by atoms with Crippen LogP contribution in [0.4, 0.5) is 0 Å². The largest absolute Gasteiger partial charge is 0.455 e. The van der Waals surface area contributed by atoms with Gasteiger partial charge in [0.1, 0.15) is 6.10 Å². The molecular formula is C46H90O7Si3. The van der Waals surface area contributed by atoms with Crippen LogP contribution in [0.15, 0.2) is 11.6 Å². The fraction of sp³-hybridized carbons (Fsp3) is 0.935. The molecule has 0 spiro atoms. The molecule has 8 atom stereocenters. The zero-order valence-electron chi connectivity index (χ0n) is 61.0. The smallest absolute Gasteiger partial charge is 0.334 e. The first-order valence-electron chi connectivity index (χ1n) is 34.9. The van der Waals surface area contributed by atoms with Gasteiger partial charge < -0.3 is 27.5 Å². The molecule has 0 aliphatic carbocycles. The van der Waals surface area contributed by atoms with Crippen LogP contribution in [0, 0.1) is 0 Å². The molecule has 3 aliphatic heterocycles. The van der Waals surface area contributed by atoms with Gasteiger partial charge in [-0.3, -0.25) is 0 Å². The second-order valence-corrected chi connectivity index (χ2v) is 21.1. The van der Waals surface area contributed by atoms with Crippen molar-refractivity contribution in [2.75, 3.05) is 0 Å². The Labute approximate surface area is 387 Å². The van der Waals surface area contributed by atoms with E-state index in [1.165, 1.54) is 0 Å². The summed E-state index contributed by atoms with van der Waals surface area (Å²) in [5.41, 5.74) is 0.580. The number of unbranched alkanes of at least 4 members (excludes halogenated alkanes) is 12. The van der Waals surface area contributed by atoms with Gasteiger partial charge in [-0.25, -0.2) is 4.79 Å². The Kier molecular flexibility index (Phi) is 10.5. The highest BCUT2D eigenvalue weighted by Gasteiger charge is 2.43. The quantitative estimate of drug-likeness (QED) is 0.0390. The van der Waals surface area contributed by atoms with Crippen LogP contribution in [0.3, 0.4) is 0 Å². The van der Waals surface area contributed by atoms with Crippen LogP contribution in [0.2, 0.25) is 58.3 Å². The maximum absolute atomic E-state index is 12.0. The summed E-state index contributed by atoms with van der Waals surface area (Å²) in [7, 11) is -17.4. The lowest BCUT2D eigenvalue weighted by molar-refractivity contribution is -0.139. The van der Waals surface area contributed by atoms with Gasteiger partial charge in [0.05, 0.1) is 36.6 Å². The molecule has 0 aromatic carbocycles. The van der Waals surface area contributed by atoms with Crippen LogP contribution in [0.5, 0.6) is 0 Å². The highest BCUT2D eigenvalue weighted by Crippen LogP contribution is 2.37. The van der Waals surface area contributed by atoms with Crippen LogP contribution in [0.1, 0.15) is 205 Å². The second-order valence-electron chi connectivity index (χ2n) is 16.3. The molecule has 56 heavy (non-hydrogen) atoms. The first-order chi connectivity index (χ1) is 37.7. The Bertz CT molecular complexity index is 1910. The number of rotatable bonds is 31. The first-order valence-corrected chi connectivity index (χ1v) is 27.2. The van der Waals surface area contributed by atoms with E-state index < -0.39 is 126 Å². The Hall–Kier alpha value is -0.339. The monoisotopic (exact) mass is 866 g/mol. The third-order valence-electron chi connectivity index (χ3n) is 11.0. The van der Waals surface area contributed by atoms with Crippen molar-refractivity contribution < 1.29 is 69.3 Å². The Balaban J connectivity index is 1.97. The van der Waals surface area contributed by atoms with E-state index in [2.05, 4.69) is 6.92 Å². The summed E-state index contributed by atoms with van der Waals surface area (Å²) in [5.74, 6) is -0.372. The van der Waals surface area contributed by atoms with Crippen molar-refractivity contribution >= 4 is 30.9 Å². The Morgan fingerprint density at radius 1 is 0.607 bits per heavy atom. The van der Waals surface area contributed by atoms with E-state index in [-0.39, 0.29) is 76.3 Å². The molecule has 0 N–H and O–H groups in total. The number of hydrogen-bond donors (Lipinski definition) is 0. The molecule has 0 unspecified atom stereocenters. The van der Waals surface area contributed by atoms with E-state index in [0.29, 0.717) is 56.9 Å². The Morgan fingerprint density at radius 2 is 1.04 bits per heavy atom. The van der Waals surface area contributed by atoms with Crippen molar-refractivity contribution in [1.29, 1.82) is 0 Å². The van der Waals surface area contributed by atoms with Crippen molar-refractivity contribution in [2.24, 2.45) is 0 Å². The van der Waals surface area contributed by atoms with Crippen LogP contribution in [-0.4, -0.2) is 79.8 Å². The minimum atomic E-state index is -5.92. The lowest BCUT2D eigenvalue weighted by Crippen LogP contribution is -2.41. The van der Waals surface area contributed by atoms with Gasteiger partial charge in [0.25, 0.3) is 0 Å². The van der Waals surface area contributed by atoms with Crippen LogP contribution >= 0.6 is 0 Å². The molecule has 0 saturated carbocycles. The molecule has 328 valence electrons. The van der Waals surface area contributed by atoms with Gasteiger partial charge in [0.15, 0.2) is 25.0 Å². The lowest BCUT2D eigenvalue weighted by Gasteiger charge is -2.32. The minimum Gasteiger partial charge on any atom is -0.455 e. The van der Waals surface area contributed by atoms with E-state index in [0.717, 1.165) is 38.5 Å². The lowest BCUT2D eigenvalue weighted by atomic mass is 9.99. The zero-order chi connectivity index (χ0) is 63.7. The zero-order valence-corrected chi connectivity index (χ0v) is 37.0. The molecule has 0 aromatic rings. The van der Waals surface area contributed by atoms with E-state index in [4.69, 9.17) is 64.5 Å². The molecule has 0 radical (unpaired) electrons. The molecule has 2 fully saturated rings. The minimum absolute atomic E-state index is 0.0167. The highest BCUT2D eigenvalue weighted by atomic mass is 28.4. The van der Waals surface area contributed by atoms with Crippen molar-refractivity contribution in [1.82, 2.24) is 0 Å². The molecule has 0 aromatic heterocycles. The maximum atomic E-state index is 12.0. The van der Waals surface area contributed by atoms with Crippen LogP contribution in [-0.2, 0) is 32.3 Å². The van der Waals surface area contributed by atoms with E-state index >= 15 is 0 Å². The third-order valence-corrected chi connectivity index (χ3v) is 13.0. The summed E-state index contributed by atoms with van der Waals surface area (Å²) in [6.07, 6.45) is 4.35. The van der Waals surface area contributed by atoms with Gasteiger partial charge >= 0.3 is 5.97 Å². The van der Waals surface area contributed by atoms with Gasteiger partial charge in [-0.05, 0) is 135 Å². The second kappa shape index (κ2) is 25.4. The van der Waals surface area contributed by atoms with Gasteiger partial charge in [-0.2, -0.15) is 0 Å². The molecule has 3 aliphatic rings. The number of cyclic esters (lactones) is 1. The summed E-state index contributed by atoms with van der Waals surface area (Å²) in [4.78, 5) is 12.0. The van der Waals surface area contributed by atoms with Gasteiger partial charge in [0, 0.05) is 48.7 Å². The standard InChI is InChI=1S/C46H90O7Si3/c1-12-13-14-15-16-17-21-24-30-44(52-55(6,7)8)42-34-32-40(49-42)41-33-35-43(50-41)45(53-56(9,10)11)31-26-25-29-39(51-54(3,4)5)28-23-20-18-19-22-27-38-36-37(2)48-46(38)47/h36-37,39-45H,12-35H2,1-11H3/t37-,39-,40+,41+,42+,43+,44+,45+/m0/s1/i3D3,4D3,5D3,6D3,7D3,8D3,9D3,10D3,11D3. The van der Waals surface area contributed by atoms with E-state index in [9.17, 15) is 4.79 Å². The number of esters is 1. The average molecular weight is 867 g/mol. The summed E-state index contributed by atoms with van der Waals surface area (Å²) in [6, 6.07) is 0. The fourth-order valence-electron chi connectivity index (χ4n) is 8.31. The molecule has 3 heterocycles. The first kappa shape index (κ1) is 23.2. The number of carbonyl (C=O) groups is 1. The molecule has 2 saturated heterocycles. The number of hydrogen-bond acceptors (Lipinski definition) is 7. The Morgan fingerprint density at radius 3 is 1.52 bits per heavy atom. The van der Waals surface area contributed by atoms with Gasteiger partial charge in [0.2, 0.25) is 0 Å². The van der Waals surface area contributed by atoms with Crippen LogP contribution < -0.4 is 0 Å². The molecule has 7 nitrogen and oxygen atoms in total. The summed E-state index contributed by atoms with van der Waals surface area (Å²) in [6.45, 7) is -28.4. The maximum Gasteiger partial charge on any atom is 0.334 e. The molecule has 0 bridgehead atoms. The van der Waals surface area contributed by atoms with Gasteiger partial charge in [-0.1, -0.05) is 96.8 Å². The molecular weight excluding hydrogens is 749 g/mol. The van der Waals surface area contributed by atoms with Crippen molar-refractivity contribution in [3.8, 4) is 0 Å².